The van der Waals surface area contributed by atoms with Crippen molar-refractivity contribution in [1.29, 1.82) is 0 Å². The second-order valence-electron chi connectivity index (χ2n) is 4.82. The molecule has 2 rings (SSSR count). The maximum Gasteiger partial charge on any atom is 0.351 e. The molecule has 0 spiro atoms. The molecule has 1 aromatic heterocycles. The molecule has 1 aliphatic rings. The predicted molar refractivity (Wildman–Crippen MR) is 82.4 cm³/mol. The molecule has 2 heterocycles. The number of amides is 1. The Morgan fingerprint density at radius 1 is 1.68 bits per heavy atom. The van der Waals surface area contributed by atoms with Crippen LogP contribution in [0.4, 0.5) is 5.82 Å². The van der Waals surface area contributed by atoms with Crippen molar-refractivity contribution in [3.8, 4) is 0 Å². The van der Waals surface area contributed by atoms with Crippen molar-refractivity contribution < 1.29 is 19.7 Å². The van der Waals surface area contributed by atoms with E-state index in [4.69, 9.17) is 9.84 Å². The Balaban J connectivity index is 2.39. The number of aliphatic hydroxyl groups excluding tert-OH is 2. The van der Waals surface area contributed by atoms with Gasteiger partial charge in [0, 0.05) is 25.1 Å². The van der Waals surface area contributed by atoms with Crippen LogP contribution < -0.4 is 11.0 Å². The second kappa shape index (κ2) is 7.14. The van der Waals surface area contributed by atoms with E-state index in [1.165, 1.54) is 17.7 Å². The number of carbonyl (C=O) groups is 1. The van der Waals surface area contributed by atoms with Crippen LogP contribution in [0.1, 0.15) is 25.1 Å². The third-order valence-electron chi connectivity index (χ3n) is 3.21. The molecule has 22 heavy (non-hydrogen) atoms. The van der Waals surface area contributed by atoms with Crippen molar-refractivity contribution in [2.45, 2.75) is 31.8 Å². The highest BCUT2D eigenvalue weighted by Gasteiger charge is 2.35. The van der Waals surface area contributed by atoms with Gasteiger partial charge in [-0.15, -0.1) is 0 Å². The van der Waals surface area contributed by atoms with Gasteiger partial charge in [0.15, 0.2) is 0 Å². The van der Waals surface area contributed by atoms with Crippen LogP contribution in [0.15, 0.2) is 16.0 Å². The number of nitrogens with zero attached hydrogens (tertiary/aromatic N) is 2. The molecule has 1 amide bonds. The predicted octanol–water partition coefficient (Wildman–Crippen LogP) is 0.208. The van der Waals surface area contributed by atoms with E-state index < -0.39 is 24.1 Å². The van der Waals surface area contributed by atoms with Crippen molar-refractivity contribution >= 4 is 33.7 Å². The monoisotopic (exact) mass is 373 g/mol. The number of ether oxygens (including phenoxy) is 1. The fraction of sp³-hybridized carbons (Fsp3) is 0.462. The minimum absolute atomic E-state index is 0.140. The zero-order valence-electron chi connectivity index (χ0n) is 11.8. The van der Waals surface area contributed by atoms with E-state index >= 15 is 0 Å². The molecule has 3 atom stereocenters. The first kappa shape index (κ1) is 16.8. The molecule has 0 aliphatic carbocycles. The van der Waals surface area contributed by atoms with Crippen LogP contribution in [0, 0.1) is 0 Å². The molecule has 1 aromatic rings. The summed E-state index contributed by atoms with van der Waals surface area (Å²) in [5.74, 6) is -0.205. The van der Waals surface area contributed by atoms with E-state index in [-0.39, 0.29) is 24.8 Å². The van der Waals surface area contributed by atoms with Crippen LogP contribution in [0.5, 0.6) is 0 Å². The molecule has 9 heteroatoms. The number of hydrogen-bond acceptors (Lipinski definition) is 6. The highest BCUT2D eigenvalue weighted by atomic mass is 79.9. The molecule has 0 radical (unpaired) electrons. The van der Waals surface area contributed by atoms with Crippen LogP contribution in [-0.4, -0.2) is 44.5 Å². The topological polar surface area (TPSA) is 114 Å². The van der Waals surface area contributed by atoms with Gasteiger partial charge < -0.3 is 20.3 Å². The molecule has 0 bridgehead atoms. The Kier molecular flexibility index (Phi) is 5.46. The fourth-order valence-corrected chi connectivity index (χ4v) is 2.48. The van der Waals surface area contributed by atoms with E-state index in [2.05, 4.69) is 26.2 Å². The molecule has 0 aromatic carbocycles. The Hall–Kier alpha value is -1.55. The standard InChI is InChI=1S/C13H16BrN3O5/c1-7(19)15-12-8(2-3-14)5-17(13(21)16-12)11-4-9(20)10(6-18)22-11/h2-3,5,9-11,18,20H,4,6H2,1H3,(H,15,16,19,21)/b3-2+/t9-,10+,11+/m0/s1. The minimum atomic E-state index is -0.855. The van der Waals surface area contributed by atoms with Crippen molar-refractivity contribution in [3.63, 3.8) is 0 Å². The highest BCUT2D eigenvalue weighted by Crippen LogP contribution is 2.28. The van der Waals surface area contributed by atoms with Crippen LogP contribution in [0.2, 0.25) is 0 Å². The van der Waals surface area contributed by atoms with Gasteiger partial charge in [0.2, 0.25) is 5.91 Å². The quantitative estimate of drug-likeness (QED) is 0.694. The Morgan fingerprint density at radius 3 is 2.95 bits per heavy atom. The first-order chi connectivity index (χ1) is 10.5. The lowest BCUT2D eigenvalue weighted by atomic mass is 10.2. The molecule has 1 aliphatic heterocycles. The number of hydrogen-bond donors (Lipinski definition) is 3. The number of anilines is 1. The molecule has 1 saturated heterocycles. The number of rotatable bonds is 4. The molecule has 120 valence electrons. The summed E-state index contributed by atoms with van der Waals surface area (Å²) in [4.78, 5) is 28.7. The van der Waals surface area contributed by atoms with Gasteiger partial charge in [0.25, 0.3) is 0 Å². The number of nitrogens with one attached hydrogen (secondary N) is 1. The van der Waals surface area contributed by atoms with Gasteiger partial charge in [0.1, 0.15) is 18.1 Å². The summed E-state index contributed by atoms with van der Waals surface area (Å²) in [6.45, 7) is 0.981. The number of carbonyl (C=O) groups excluding carboxylic acids is 1. The van der Waals surface area contributed by atoms with Crippen LogP contribution in [0.3, 0.4) is 0 Å². The summed E-state index contributed by atoms with van der Waals surface area (Å²) in [6, 6.07) is 0. The van der Waals surface area contributed by atoms with Crippen molar-refractivity contribution in [1.82, 2.24) is 9.55 Å². The summed E-state index contributed by atoms with van der Waals surface area (Å²) in [5.41, 5.74) is -0.122. The SMILES string of the molecule is CC(=O)Nc1nc(=O)n([C@H]2C[C@H](O)[C@@H](CO)O2)cc1/C=C/Br. The van der Waals surface area contributed by atoms with Gasteiger partial charge in [-0.1, -0.05) is 15.9 Å². The van der Waals surface area contributed by atoms with Crippen LogP contribution >= 0.6 is 15.9 Å². The summed E-state index contributed by atoms with van der Waals surface area (Å²) >= 11 is 3.13. The average Bonchev–Trinajstić information content (AvgIpc) is 2.82. The van der Waals surface area contributed by atoms with E-state index in [0.29, 0.717) is 5.56 Å². The molecule has 8 nitrogen and oxygen atoms in total. The Bertz CT molecular complexity index is 645. The van der Waals surface area contributed by atoms with Crippen molar-refractivity contribution in [2.75, 3.05) is 11.9 Å². The van der Waals surface area contributed by atoms with E-state index in [0.717, 1.165) is 0 Å². The first-order valence-electron chi connectivity index (χ1n) is 6.58. The summed E-state index contributed by atoms with van der Waals surface area (Å²) in [5, 5.41) is 21.3. The maximum absolute atomic E-state index is 12.1. The van der Waals surface area contributed by atoms with Gasteiger partial charge in [-0.25, -0.2) is 4.79 Å². The summed E-state index contributed by atoms with van der Waals surface area (Å²) in [6.07, 6.45) is 0.956. The lowest BCUT2D eigenvalue weighted by Gasteiger charge is -2.16. The summed E-state index contributed by atoms with van der Waals surface area (Å²) in [7, 11) is 0. The van der Waals surface area contributed by atoms with Gasteiger partial charge in [-0.2, -0.15) is 4.98 Å². The van der Waals surface area contributed by atoms with Gasteiger partial charge in [-0.05, 0) is 11.1 Å². The molecule has 1 fully saturated rings. The van der Waals surface area contributed by atoms with Crippen LogP contribution in [0.25, 0.3) is 6.08 Å². The fourth-order valence-electron chi connectivity index (χ4n) is 2.20. The average molecular weight is 374 g/mol. The largest absolute Gasteiger partial charge is 0.394 e. The Morgan fingerprint density at radius 2 is 2.41 bits per heavy atom. The van der Waals surface area contributed by atoms with Crippen LogP contribution in [-0.2, 0) is 9.53 Å². The first-order valence-corrected chi connectivity index (χ1v) is 7.49. The highest BCUT2D eigenvalue weighted by molar-refractivity contribution is 9.11. The third-order valence-corrected chi connectivity index (χ3v) is 3.48. The summed E-state index contributed by atoms with van der Waals surface area (Å²) < 4.78 is 6.67. The Labute approximate surface area is 134 Å². The molecule has 0 saturated carbocycles. The third kappa shape index (κ3) is 3.61. The lowest BCUT2D eigenvalue weighted by molar-refractivity contribution is -0.114. The number of halogens is 1. The number of aliphatic hydroxyl groups is 2. The normalized spacial score (nSPS) is 24.8. The number of aromatic nitrogens is 2. The molecular formula is C13H16BrN3O5. The van der Waals surface area contributed by atoms with Gasteiger partial charge in [0.05, 0.1) is 12.7 Å². The molecule has 0 unspecified atom stereocenters. The minimum Gasteiger partial charge on any atom is -0.394 e. The van der Waals surface area contributed by atoms with Crippen molar-refractivity contribution in [2.24, 2.45) is 0 Å². The maximum atomic E-state index is 12.1. The lowest BCUT2D eigenvalue weighted by Crippen LogP contribution is -2.29. The second-order valence-corrected chi connectivity index (χ2v) is 5.35. The van der Waals surface area contributed by atoms with Gasteiger partial charge in [-0.3, -0.25) is 9.36 Å². The smallest absolute Gasteiger partial charge is 0.351 e. The zero-order valence-corrected chi connectivity index (χ0v) is 13.4. The zero-order chi connectivity index (χ0) is 16.3. The molecular weight excluding hydrogens is 358 g/mol. The van der Waals surface area contributed by atoms with Crippen molar-refractivity contribution in [3.05, 3.63) is 27.2 Å². The molecule has 3 N–H and O–H groups in total. The van der Waals surface area contributed by atoms with Gasteiger partial charge >= 0.3 is 5.69 Å². The van der Waals surface area contributed by atoms with E-state index in [1.54, 1.807) is 11.1 Å². The van der Waals surface area contributed by atoms with E-state index in [9.17, 15) is 14.7 Å². The van der Waals surface area contributed by atoms with E-state index in [1.807, 2.05) is 0 Å².